The van der Waals surface area contributed by atoms with Crippen molar-refractivity contribution in [3.8, 4) is 22.4 Å². The van der Waals surface area contributed by atoms with Gasteiger partial charge in [-0.25, -0.2) is 9.97 Å². The van der Waals surface area contributed by atoms with Gasteiger partial charge in [-0.05, 0) is 6.92 Å². The number of rotatable bonds is 2. The van der Waals surface area contributed by atoms with Gasteiger partial charge in [0.1, 0.15) is 4.88 Å². The lowest BCUT2D eigenvalue weighted by Gasteiger charge is -1.86. The molecule has 3 heterocycles. The number of thiazole rings is 1. The van der Waals surface area contributed by atoms with Crippen LogP contribution in [0.3, 0.4) is 0 Å². The van der Waals surface area contributed by atoms with Gasteiger partial charge in [-0.15, -0.1) is 0 Å². The average molecular weight is 248 g/mol. The van der Waals surface area contributed by atoms with Crippen LogP contribution in [0.2, 0.25) is 0 Å². The highest BCUT2D eigenvalue weighted by atomic mass is 32.1. The maximum atomic E-state index is 5.62. The topological polar surface area (TPSA) is 107 Å². The minimum Gasteiger partial charge on any atom is -0.375 e. The van der Waals surface area contributed by atoms with Crippen LogP contribution in [0.4, 0.5) is 5.13 Å². The third kappa shape index (κ3) is 1.68. The highest BCUT2D eigenvalue weighted by Crippen LogP contribution is 2.30. The summed E-state index contributed by atoms with van der Waals surface area (Å²) in [7, 11) is 0. The fraction of sp³-hybridized carbons (Fsp3) is 0.111. The van der Waals surface area contributed by atoms with Crippen LogP contribution in [0.25, 0.3) is 22.4 Å². The van der Waals surface area contributed by atoms with E-state index in [1.807, 2.05) is 6.92 Å². The zero-order valence-electron chi connectivity index (χ0n) is 8.84. The summed E-state index contributed by atoms with van der Waals surface area (Å²) in [6.45, 7) is 1.85. The number of hydrogen-bond acceptors (Lipinski definition) is 7. The van der Waals surface area contributed by atoms with Crippen LogP contribution < -0.4 is 5.73 Å². The Hall–Kier alpha value is -2.22. The van der Waals surface area contributed by atoms with E-state index in [1.54, 1.807) is 12.4 Å². The second-order valence-corrected chi connectivity index (χ2v) is 4.36. The molecule has 0 radical (unpaired) electrons. The molecule has 0 unspecified atom stereocenters. The Kier molecular flexibility index (Phi) is 2.15. The minimum atomic E-state index is 0.406. The van der Waals surface area contributed by atoms with Gasteiger partial charge in [0.05, 0.1) is 5.69 Å². The van der Waals surface area contributed by atoms with E-state index in [-0.39, 0.29) is 0 Å². The smallest absolute Gasteiger partial charge is 0.270 e. The molecule has 0 aliphatic rings. The number of anilines is 1. The van der Waals surface area contributed by atoms with Crippen LogP contribution in [0.1, 0.15) is 5.69 Å². The van der Waals surface area contributed by atoms with Gasteiger partial charge in [-0.1, -0.05) is 16.5 Å². The van der Waals surface area contributed by atoms with Crippen molar-refractivity contribution in [3.05, 3.63) is 18.1 Å². The zero-order valence-corrected chi connectivity index (χ0v) is 9.65. The van der Waals surface area contributed by atoms with Crippen molar-refractivity contribution in [1.29, 1.82) is 0 Å². The molecule has 0 atom stereocenters. The quantitative estimate of drug-likeness (QED) is 0.711. The maximum absolute atomic E-state index is 5.62. The molecule has 3 aromatic rings. The van der Waals surface area contributed by atoms with E-state index in [0.717, 1.165) is 10.6 Å². The maximum Gasteiger partial charge on any atom is 0.270 e. The first-order valence-corrected chi connectivity index (χ1v) is 5.62. The van der Waals surface area contributed by atoms with Gasteiger partial charge in [-0.2, -0.15) is 4.98 Å². The van der Waals surface area contributed by atoms with E-state index < -0.39 is 0 Å². The first-order chi connectivity index (χ1) is 8.24. The molecule has 0 aromatic carbocycles. The molecular formula is C9H8N6OS. The van der Waals surface area contributed by atoms with Gasteiger partial charge < -0.3 is 15.2 Å². The molecule has 0 saturated heterocycles. The van der Waals surface area contributed by atoms with Crippen molar-refractivity contribution >= 4 is 16.5 Å². The molecule has 17 heavy (non-hydrogen) atoms. The number of nitrogen functional groups attached to an aromatic ring is 1. The summed E-state index contributed by atoms with van der Waals surface area (Å²) in [5, 5.41) is 4.33. The molecule has 0 fully saturated rings. The number of H-pyrrole nitrogens is 1. The second-order valence-electron chi connectivity index (χ2n) is 3.33. The molecule has 0 amide bonds. The van der Waals surface area contributed by atoms with Gasteiger partial charge in [-0.3, -0.25) is 0 Å². The summed E-state index contributed by atoms with van der Waals surface area (Å²) in [5.74, 6) is 1.38. The average Bonchev–Trinajstić information content (AvgIpc) is 2.97. The number of aromatic nitrogens is 5. The predicted octanol–water partition coefficient (Wildman–Crippen LogP) is 1.47. The first kappa shape index (κ1) is 9.97. The summed E-state index contributed by atoms with van der Waals surface area (Å²) < 4.78 is 5.16. The predicted molar refractivity (Wildman–Crippen MR) is 62.1 cm³/mol. The standard InChI is InChI=1S/C9H8N6OS/c1-4-5(17-9(10)13-4)8-14-7(15-16-8)6-11-2-3-12-6/h2-3H,1H3,(H2,10,13)(H,11,12). The highest BCUT2D eigenvalue weighted by Gasteiger charge is 2.16. The van der Waals surface area contributed by atoms with E-state index in [0.29, 0.717) is 22.7 Å². The van der Waals surface area contributed by atoms with Gasteiger partial charge >= 0.3 is 0 Å². The lowest BCUT2D eigenvalue weighted by Crippen LogP contribution is -1.83. The molecule has 0 bridgehead atoms. The Labute approximate surface area is 99.7 Å². The van der Waals surface area contributed by atoms with Crippen molar-refractivity contribution in [2.24, 2.45) is 0 Å². The number of aryl methyl sites for hydroxylation is 1. The molecule has 0 saturated carbocycles. The molecule has 3 aromatic heterocycles. The normalized spacial score (nSPS) is 10.9. The minimum absolute atomic E-state index is 0.406. The number of imidazole rings is 1. The van der Waals surface area contributed by atoms with Crippen LogP contribution in [0.15, 0.2) is 16.9 Å². The van der Waals surface area contributed by atoms with Crippen LogP contribution in [-0.2, 0) is 0 Å². The Bertz CT molecular complexity index is 640. The largest absolute Gasteiger partial charge is 0.375 e. The van der Waals surface area contributed by atoms with E-state index >= 15 is 0 Å². The Morgan fingerprint density at radius 1 is 1.41 bits per heavy atom. The fourth-order valence-electron chi connectivity index (χ4n) is 1.42. The summed E-state index contributed by atoms with van der Waals surface area (Å²) in [6, 6.07) is 0. The third-order valence-electron chi connectivity index (χ3n) is 2.14. The number of nitrogens with zero attached hydrogens (tertiary/aromatic N) is 4. The third-order valence-corrected chi connectivity index (χ3v) is 3.12. The lowest BCUT2D eigenvalue weighted by atomic mass is 10.4. The Morgan fingerprint density at radius 3 is 2.94 bits per heavy atom. The fourth-order valence-corrected chi connectivity index (χ4v) is 2.17. The first-order valence-electron chi connectivity index (χ1n) is 4.81. The van der Waals surface area contributed by atoms with Crippen molar-refractivity contribution in [3.63, 3.8) is 0 Å². The summed E-state index contributed by atoms with van der Waals surface area (Å²) in [5.41, 5.74) is 6.40. The molecule has 7 nitrogen and oxygen atoms in total. The van der Waals surface area contributed by atoms with E-state index in [1.165, 1.54) is 11.3 Å². The van der Waals surface area contributed by atoms with Crippen LogP contribution in [0.5, 0.6) is 0 Å². The zero-order chi connectivity index (χ0) is 11.8. The Balaban J connectivity index is 2.03. The molecule has 86 valence electrons. The SMILES string of the molecule is Cc1nc(N)sc1-c1nc(-c2ncc[nH]2)no1. The molecule has 3 N–H and O–H groups in total. The van der Waals surface area contributed by atoms with Crippen LogP contribution in [0, 0.1) is 6.92 Å². The summed E-state index contributed by atoms with van der Waals surface area (Å²) in [6.07, 6.45) is 3.32. The molecule has 3 rings (SSSR count). The van der Waals surface area contributed by atoms with Gasteiger partial charge in [0.15, 0.2) is 11.0 Å². The monoisotopic (exact) mass is 248 g/mol. The number of aromatic amines is 1. The second kappa shape index (κ2) is 3.67. The Morgan fingerprint density at radius 2 is 2.29 bits per heavy atom. The van der Waals surface area contributed by atoms with E-state index in [4.69, 9.17) is 10.3 Å². The van der Waals surface area contributed by atoms with Crippen molar-refractivity contribution in [2.45, 2.75) is 6.92 Å². The number of nitrogens with one attached hydrogen (secondary N) is 1. The summed E-state index contributed by atoms with van der Waals surface area (Å²) >= 11 is 1.32. The molecule has 0 aliphatic heterocycles. The number of hydrogen-bond donors (Lipinski definition) is 2. The van der Waals surface area contributed by atoms with Crippen LogP contribution in [-0.4, -0.2) is 25.1 Å². The number of nitrogens with two attached hydrogens (primary N) is 1. The van der Waals surface area contributed by atoms with Gasteiger partial charge in [0.2, 0.25) is 5.82 Å². The highest BCUT2D eigenvalue weighted by molar-refractivity contribution is 7.18. The molecule has 0 aliphatic carbocycles. The van der Waals surface area contributed by atoms with Gasteiger partial charge in [0.25, 0.3) is 5.89 Å². The van der Waals surface area contributed by atoms with Gasteiger partial charge in [0, 0.05) is 12.4 Å². The molecule has 0 spiro atoms. The van der Waals surface area contributed by atoms with E-state index in [9.17, 15) is 0 Å². The van der Waals surface area contributed by atoms with Crippen LogP contribution >= 0.6 is 11.3 Å². The molecule has 8 heteroatoms. The van der Waals surface area contributed by atoms with Crippen molar-refractivity contribution in [2.75, 3.05) is 5.73 Å². The summed E-state index contributed by atoms with van der Waals surface area (Å²) in [4.78, 5) is 16.1. The van der Waals surface area contributed by atoms with E-state index in [2.05, 4.69) is 25.1 Å². The van der Waals surface area contributed by atoms with Crippen molar-refractivity contribution in [1.82, 2.24) is 25.1 Å². The molecular weight excluding hydrogens is 240 g/mol. The lowest BCUT2D eigenvalue weighted by molar-refractivity contribution is 0.432. The van der Waals surface area contributed by atoms with Crippen molar-refractivity contribution < 1.29 is 4.52 Å².